The van der Waals surface area contributed by atoms with Gasteiger partial charge in [0.2, 0.25) is 0 Å². The van der Waals surface area contributed by atoms with E-state index in [4.69, 9.17) is 4.74 Å². The normalized spacial score (nSPS) is 16.5. The molecule has 1 aliphatic rings. The highest BCUT2D eigenvalue weighted by molar-refractivity contribution is 14.1. The number of hydrogen-bond donors (Lipinski definition) is 0. The summed E-state index contributed by atoms with van der Waals surface area (Å²) < 4.78 is 43.3. The van der Waals surface area contributed by atoms with Crippen molar-refractivity contribution in [2.75, 3.05) is 0 Å². The minimum Gasteiger partial charge on any atom is -0.487 e. The Kier molecular flexibility index (Phi) is 2.78. The average Bonchev–Trinajstić information content (AvgIpc) is 2.90. The smallest absolute Gasteiger partial charge is 0.437 e. The molecule has 82 valence electrons. The van der Waals surface area contributed by atoms with E-state index in [0.717, 1.165) is 19.0 Å². The number of nitrogens with zero attached hydrogens (tertiary/aromatic N) is 1. The predicted octanol–water partition coefficient (Wildman–Crippen LogP) is 3.25. The molecule has 0 N–H and O–H groups in total. The molecule has 2 nitrogen and oxygen atoms in total. The standard InChI is InChI=1S/C9H7F3INO/c10-9(11,12)8-7(15-5-1-2-5)6(13)3-4-14-8/h3-5H,1-2H2. The molecule has 0 atom stereocenters. The maximum absolute atomic E-state index is 12.6. The molecule has 1 aromatic rings. The van der Waals surface area contributed by atoms with Gasteiger partial charge in [0.25, 0.3) is 0 Å². The molecule has 0 spiro atoms. The van der Waals surface area contributed by atoms with Gasteiger partial charge >= 0.3 is 6.18 Å². The highest BCUT2D eigenvalue weighted by Crippen LogP contribution is 2.39. The number of pyridine rings is 1. The van der Waals surface area contributed by atoms with Gasteiger partial charge in [0.15, 0.2) is 11.4 Å². The largest absolute Gasteiger partial charge is 0.487 e. The molecule has 1 saturated carbocycles. The van der Waals surface area contributed by atoms with Gasteiger partial charge in [-0.3, -0.25) is 0 Å². The fourth-order valence-electron chi connectivity index (χ4n) is 1.09. The molecule has 0 bridgehead atoms. The summed E-state index contributed by atoms with van der Waals surface area (Å²) in [6.07, 6.45) is -1.73. The van der Waals surface area contributed by atoms with Crippen LogP contribution < -0.4 is 4.74 Å². The lowest BCUT2D eigenvalue weighted by Gasteiger charge is -2.13. The molecule has 2 rings (SSSR count). The first kappa shape index (κ1) is 11.0. The summed E-state index contributed by atoms with van der Waals surface area (Å²) >= 11 is 1.82. The van der Waals surface area contributed by atoms with Gasteiger partial charge in [-0.15, -0.1) is 0 Å². The Morgan fingerprint density at radius 1 is 1.40 bits per heavy atom. The first-order valence-electron chi connectivity index (χ1n) is 4.37. The van der Waals surface area contributed by atoms with E-state index in [1.807, 2.05) is 22.6 Å². The van der Waals surface area contributed by atoms with Gasteiger partial charge in [0, 0.05) is 6.20 Å². The van der Waals surface area contributed by atoms with E-state index in [1.54, 1.807) is 0 Å². The van der Waals surface area contributed by atoms with Crippen LogP contribution in [0.2, 0.25) is 0 Å². The zero-order chi connectivity index (χ0) is 11.1. The van der Waals surface area contributed by atoms with Crippen molar-refractivity contribution in [1.82, 2.24) is 4.98 Å². The predicted molar refractivity (Wildman–Crippen MR) is 55.6 cm³/mol. The third-order valence-electron chi connectivity index (χ3n) is 1.93. The fraction of sp³-hybridized carbons (Fsp3) is 0.444. The van der Waals surface area contributed by atoms with Crippen LogP contribution in [0.1, 0.15) is 18.5 Å². The number of alkyl halides is 3. The van der Waals surface area contributed by atoms with E-state index in [-0.39, 0.29) is 11.9 Å². The van der Waals surface area contributed by atoms with Crippen LogP contribution in [0.3, 0.4) is 0 Å². The summed E-state index contributed by atoms with van der Waals surface area (Å²) in [6, 6.07) is 1.51. The first-order valence-corrected chi connectivity index (χ1v) is 5.44. The fourth-order valence-corrected chi connectivity index (χ4v) is 1.63. The third kappa shape index (κ3) is 2.53. The van der Waals surface area contributed by atoms with Crippen LogP contribution in [0, 0.1) is 3.57 Å². The molecule has 1 aliphatic carbocycles. The van der Waals surface area contributed by atoms with Crippen LogP contribution in [0.15, 0.2) is 12.3 Å². The second-order valence-electron chi connectivity index (χ2n) is 3.29. The van der Waals surface area contributed by atoms with Crippen LogP contribution in [-0.2, 0) is 6.18 Å². The minimum atomic E-state index is -4.45. The molecule has 15 heavy (non-hydrogen) atoms. The van der Waals surface area contributed by atoms with Crippen molar-refractivity contribution in [1.29, 1.82) is 0 Å². The first-order chi connectivity index (χ1) is 6.98. The molecule has 1 heterocycles. The van der Waals surface area contributed by atoms with E-state index in [2.05, 4.69) is 4.98 Å². The van der Waals surface area contributed by atoms with Gasteiger partial charge in [-0.25, -0.2) is 4.98 Å². The Balaban J connectivity index is 2.38. The minimum absolute atomic E-state index is 0.0659. The van der Waals surface area contributed by atoms with Crippen LogP contribution in [0.4, 0.5) is 13.2 Å². The average molecular weight is 329 g/mol. The Labute approximate surface area is 98.0 Å². The van der Waals surface area contributed by atoms with Crippen molar-refractivity contribution in [3.8, 4) is 5.75 Å². The molecule has 1 fully saturated rings. The molecule has 0 aliphatic heterocycles. The van der Waals surface area contributed by atoms with Crippen molar-refractivity contribution >= 4 is 22.6 Å². The zero-order valence-electron chi connectivity index (χ0n) is 7.51. The zero-order valence-corrected chi connectivity index (χ0v) is 9.67. The molecular formula is C9H7F3INO. The lowest BCUT2D eigenvalue weighted by Crippen LogP contribution is -2.13. The van der Waals surface area contributed by atoms with Gasteiger partial charge in [0.05, 0.1) is 9.67 Å². The topological polar surface area (TPSA) is 22.1 Å². The summed E-state index contributed by atoms with van der Waals surface area (Å²) in [5.41, 5.74) is -0.929. The molecule has 0 saturated heterocycles. The Hall–Kier alpha value is -0.530. The molecule has 0 unspecified atom stereocenters. The Bertz CT molecular complexity index is 376. The second kappa shape index (κ2) is 3.80. The SMILES string of the molecule is FC(F)(F)c1nccc(I)c1OC1CC1. The number of halogens is 4. The Morgan fingerprint density at radius 3 is 2.60 bits per heavy atom. The number of ether oxygens (including phenoxy) is 1. The van der Waals surface area contributed by atoms with E-state index >= 15 is 0 Å². The van der Waals surface area contributed by atoms with Crippen molar-refractivity contribution in [2.24, 2.45) is 0 Å². The highest BCUT2D eigenvalue weighted by Gasteiger charge is 2.39. The van der Waals surface area contributed by atoms with Crippen LogP contribution in [0.5, 0.6) is 5.75 Å². The quantitative estimate of drug-likeness (QED) is 0.777. The lowest BCUT2D eigenvalue weighted by molar-refractivity contribution is -0.142. The van der Waals surface area contributed by atoms with Gasteiger partial charge in [-0.1, -0.05) is 0 Å². The summed E-state index contributed by atoms with van der Waals surface area (Å²) in [7, 11) is 0. The molecule has 0 aromatic carbocycles. The van der Waals surface area contributed by atoms with Crippen molar-refractivity contribution in [2.45, 2.75) is 25.1 Å². The van der Waals surface area contributed by atoms with E-state index in [0.29, 0.717) is 3.57 Å². The second-order valence-corrected chi connectivity index (χ2v) is 4.45. The van der Waals surface area contributed by atoms with Crippen LogP contribution in [0.25, 0.3) is 0 Å². The molecule has 0 radical (unpaired) electrons. The van der Waals surface area contributed by atoms with Gasteiger partial charge in [-0.05, 0) is 41.5 Å². The summed E-state index contributed by atoms with van der Waals surface area (Å²) in [4.78, 5) is 3.34. The van der Waals surface area contributed by atoms with Crippen molar-refractivity contribution in [3.05, 3.63) is 21.5 Å². The maximum atomic E-state index is 12.6. The summed E-state index contributed by atoms with van der Waals surface area (Å²) in [5.74, 6) is -0.131. The molecule has 6 heteroatoms. The van der Waals surface area contributed by atoms with Gasteiger partial charge < -0.3 is 4.74 Å². The lowest BCUT2D eigenvalue weighted by atomic mass is 10.3. The van der Waals surface area contributed by atoms with Crippen molar-refractivity contribution < 1.29 is 17.9 Å². The summed E-state index contributed by atoms with van der Waals surface area (Å²) in [6.45, 7) is 0. The van der Waals surface area contributed by atoms with Crippen molar-refractivity contribution in [3.63, 3.8) is 0 Å². The summed E-state index contributed by atoms with van der Waals surface area (Å²) in [5, 5.41) is 0. The van der Waals surface area contributed by atoms with Crippen LogP contribution in [-0.4, -0.2) is 11.1 Å². The number of aromatic nitrogens is 1. The van der Waals surface area contributed by atoms with Gasteiger partial charge in [0.1, 0.15) is 0 Å². The molecule has 0 amide bonds. The van der Waals surface area contributed by atoms with E-state index in [9.17, 15) is 13.2 Å². The molecule has 1 aromatic heterocycles. The number of hydrogen-bond acceptors (Lipinski definition) is 2. The Morgan fingerprint density at radius 2 is 2.07 bits per heavy atom. The van der Waals surface area contributed by atoms with E-state index < -0.39 is 11.9 Å². The monoisotopic (exact) mass is 329 g/mol. The highest BCUT2D eigenvalue weighted by atomic mass is 127. The number of rotatable bonds is 2. The van der Waals surface area contributed by atoms with Crippen LogP contribution >= 0.6 is 22.6 Å². The maximum Gasteiger partial charge on any atom is 0.437 e. The molecular weight excluding hydrogens is 322 g/mol. The third-order valence-corrected chi connectivity index (χ3v) is 2.78. The van der Waals surface area contributed by atoms with Gasteiger partial charge in [-0.2, -0.15) is 13.2 Å². The van der Waals surface area contributed by atoms with E-state index in [1.165, 1.54) is 6.07 Å².